The smallest absolute Gasteiger partial charge is 0.218 e. The van der Waals surface area contributed by atoms with Gasteiger partial charge in [0.15, 0.2) is 11.5 Å². The molecule has 1 unspecified atom stereocenters. The number of aromatic nitrogens is 2. The Labute approximate surface area is 165 Å². The molecule has 0 radical (unpaired) electrons. The van der Waals surface area contributed by atoms with Gasteiger partial charge in [0.2, 0.25) is 5.88 Å². The summed E-state index contributed by atoms with van der Waals surface area (Å²) in [5.41, 5.74) is 1.27. The van der Waals surface area contributed by atoms with Gasteiger partial charge in [0.25, 0.3) is 0 Å². The molecule has 2 aliphatic heterocycles. The van der Waals surface area contributed by atoms with Gasteiger partial charge < -0.3 is 19.1 Å². The van der Waals surface area contributed by atoms with Crippen LogP contribution >= 0.6 is 0 Å². The first-order chi connectivity index (χ1) is 13.8. The molecule has 148 valence electrons. The van der Waals surface area contributed by atoms with Crippen LogP contribution in [0.15, 0.2) is 30.6 Å². The molecule has 0 spiro atoms. The Morgan fingerprint density at radius 1 is 1.07 bits per heavy atom. The minimum atomic E-state index is 0.476. The number of likely N-dealkylation sites (tertiary alicyclic amines) is 1. The van der Waals surface area contributed by atoms with E-state index in [1.807, 2.05) is 12.1 Å². The van der Waals surface area contributed by atoms with E-state index in [1.165, 1.54) is 18.4 Å². The molecule has 1 atom stereocenters. The van der Waals surface area contributed by atoms with E-state index in [0.29, 0.717) is 31.2 Å². The molecule has 7 heteroatoms. The highest BCUT2D eigenvalue weighted by Crippen LogP contribution is 2.36. The van der Waals surface area contributed by atoms with Gasteiger partial charge in [-0.15, -0.1) is 0 Å². The Morgan fingerprint density at radius 2 is 1.93 bits per heavy atom. The van der Waals surface area contributed by atoms with Gasteiger partial charge in [-0.05, 0) is 37.0 Å². The minimum absolute atomic E-state index is 0.476. The van der Waals surface area contributed by atoms with Crippen molar-refractivity contribution in [3.05, 3.63) is 36.2 Å². The molecule has 1 saturated heterocycles. The van der Waals surface area contributed by atoms with E-state index < -0.39 is 0 Å². The number of fused-ring (bicyclic) bond motifs is 1. The van der Waals surface area contributed by atoms with Gasteiger partial charge in [-0.25, -0.2) is 9.97 Å². The number of nitrogens with zero attached hydrogens (tertiary/aromatic N) is 4. The standard InChI is InChI=1S/C21H26N4O3/c1-26-21-11-20(22-14-23-21)25(16-3-4-16)17-6-7-24(13-17)12-15-2-5-18-19(10-15)28-9-8-27-18/h2,5,10-11,14,16-17H,3-4,6-9,12-13H2,1H3. The molecular weight excluding hydrogens is 356 g/mol. The van der Waals surface area contributed by atoms with Crippen molar-refractivity contribution in [3.8, 4) is 17.4 Å². The van der Waals surface area contributed by atoms with Crippen molar-refractivity contribution >= 4 is 5.82 Å². The number of ether oxygens (including phenoxy) is 3. The Bertz CT molecular complexity index is 842. The Kier molecular flexibility index (Phi) is 4.68. The van der Waals surface area contributed by atoms with E-state index in [-0.39, 0.29) is 0 Å². The van der Waals surface area contributed by atoms with Gasteiger partial charge in [0.1, 0.15) is 25.4 Å². The summed E-state index contributed by atoms with van der Waals surface area (Å²) in [5, 5.41) is 0. The summed E-state index contributed by atoms with van der Waals surface area (Å²) < 4.78 is 16.7. The zero-order chi connectivity index (χ0) is 18.9. The molecule has 2 aromatic rings. The van der Waals surface area contributed by atoms with Crippen LogP contribution in [-0.2, 0) is 6.54 Å². The lowest BCUT2D eigenvalue weighted by molar-refractivity contribution is 0.171. The van der Waals surface area contributed by atoms with E-state index >= 15 is 0 Å². The van der Waals surface area contributed by atoms with Crippen molar-refractivity contribution in [1.82, 2.24) is 14.9 Å². The molecule has 0 bridgehead atoms. The van der Waals surface area contributed by atoms with E-state index in [0.717, 1.165) is 43.4 Å². The molecule has 2 fully saturated rings. The lowest BCUT2D eigenvalue weighted by Crippen LogP contribution is -2.39. The summed E-state index contributed by atoms with van der Waals surface area (Å²) >= 11 is 0. The Hall–Kier alpha value is -2.54. The second kappa shape index (κ2) is 7.47. The van der Waals surface area contributed by atoms with E-state index in [4.69, 9.17) is 14.2 Å². The van der Waals surface area contributed by atoms with Crippen LogP contribution in [0, 0.1) is 0 Å². The fourth-order valence-corrected chi connectivity index (χ4v) is 4.23. The summed E-state index contributed by atoms with van der Waals surface area (Å²) in [4.78, 5) is 13.7. The molecule has 1 aliphatic carbocycles. The van der Waals surface area contributed by atoms with Crippen LogP contribution in [-0.4, -0.2) is 60.4 Å². The molecule has 1 saturated carbocycles. The van der Waals surface area contributed by atoms with E-state index in [2.05, 4.69) is 31.9 Å². The van der Waals surface area contributed by atoms with Gasteiger partial charge in [-0.2, -0.15) is 0 Å². The van der Waals surface area contributed by atoms with Gasteiger partial charge in [0, 0.05) is 37.8 Å². The number of methoxy groups -OCH3 is 1. The summed E-state index contributed by atoms with van der Waals surface area (Å²) in [6.07, 6.45) is 5.23. The monoisotopic (exact) mass is 382 g/mol. The summed E-state index contributed by atoms with van der Waals surface area (Å²) in [5.74, 6) is 3.33. The summed E-state index contributed by atoms with van der Waals surface area (Å²) in [6, 6.07) is 9.33. The van der Waals surface area contributed by atoms with Crippen molar-refractivity contribution in [2.24, 2.45) is 0 Å². The van der Waals surface area contributed by atoms with E-state index in [1.54, 1.807) is 13.4 Å². The maximum absolute atomic E-state index is 5.73. The second-order valence-corrected chi connectivity index (χ2v) is 7.71. The fraction of sp³-hybridized carbons (Fsp3) is 0.524. The van der Waals surface area contributed by atoms with Crippen molar-refractivity contribution < 1.29 is 14.2 Å². The predicted molar refractivity (Wildman–Crippen MR) is 105 cm³/mol. The lowest BCUT2D eigenvalue weighted by atomic mass is 10.2. The molecule has 7 nitrogen and oxygen atoms in total. The normalized spacial score (nSPS) is 21.5. The van der Waals surface area contributed by atoms with Gasteiger partial charge >= 0.3 is 0 Å². The molecule has 0 N–H and O–H groups in total. The minimum Gasteiger partial charge on any atom is -0.486 e. The van der Waals surface area contributed by atoms with Crippen molar-refractivity contribution in [2.75, 3.05) is 38.3 Å². The zero-order valence-electron chi connectivity index (χ0n) is 16.2. The molecule has 0 amide bonds. The topological polar surface area (TPSA) is 60.0 Å². The van der Waals surface area contributed by atoms with Crippen LogP contribution in [0.5, 0.6) is 17.4 Å². The number of anilines is 1. The highest BCUT2D eigenvalue weighted by Gasteiger charge is 2.38. The first-order valence-electron chi connectivity index (χ1n) is 10.1. The Balaban J connectivity index is 1.28. The average molecular weight is 382 g/mol. The third-order valence-corrected chi connectivity index (χ3v) is 5.70. The predicted octanol–water partition coefficient (Wildman–Crippen LogP) is 2.50. The molecule has 1 aromatic carbocycles. The van der Waals surface area contributed by atoms with Crippen LogP contribution in [0.2, 0.25) is 0 Å². The highest BCUT2D eigenvalue weighted by molar-refractivity contribution is 5.46. The van der Waals surface area contributed by atoms with Crippen molar-refractivity contribution in [1.29, 1.82) is 0 Å². The lowest BCUT2D eigenvalue weighted by Gasteiger charge is -2.30. The first-order valence-corrected chi connectivity index (χ1v) is 10.1. The number of hydrogen-bond acceptors (Lipinski definition) is 7. The number of hydrogen-bond donors (Lipinski definition) is 0. The van der Waals surface area contributed by atoms with Crippen LogP contribution in [0.25, 0.3) is 0 Å². The first kappa shape index (κ1) is 17.6. The molecule has 5 rings (SSSR count). The zero-order valence-corrected chi connectivity index (χ0v) is 16.2. The second-order valence-electron chi connectivity index (χ2n) is 7.71. The summed E-state index contributed by atoms with van der Waals surface area (Å²) in [6.45, 7) is 4.31. The van der Waals surface area contributed by atoms with Crippen LogP contribution in [0.4, 0.5) is 5.82 Å². The maximum Gasteiger partial charge on any atom is 0.218 e. The van der Waals surface area contributed by atoms with E-state index in [9.17, 15) is 0 Å². The molecule has 3 aliphatic rings. The number of benzene rings is 1. The quantitative estimate of drug-likeness (QED) is 0.761. The van der Waals surface area contributed by atoms with Crippen LogP contribution in [0.1, 0.15) is 24.8 Å². The van der Waals surface area contributed by atoms with Gasteiger partial charge in [0.05, 0.1) is 7.11 Å². The average Bonchev–Trinajstić information content (AvgIpc) is 3.47. The molecular formula is C21H26N4O3. The highest BCUT2D eigenvalue weighted by atomic mass is 16.6. The van der Waals surface area contributed by atoms with Gasteiger partial charge in [-0.3, -0.25) is 4.90 Å². The third kappa shape index (κ3) is 3.58. The number of rotatable bonds is 6. The van der Waals surface area contributed by atoms with Gasteiger partial charge in [-0.1, -0.05) is 6.07 Å². The molecule has 28 heavy (non-hydrogen) atoms. The largest absolute Gasteiger partial charge is 0.486 e. The molecule has 3 heterocycles. The van der Waals surface area contributed by atoms with Crippen LogP contribution < -0.4 is 19.1 Å². The maximum atomic E-state index is 5.73. The van der Waals surface area contributed by atoms with Crippen molar-refractivity contribution in [2.45, 2.75) is 37.9 Å². The summed E-state index contributed by atoms with van der Waals surface area (Å²) in [7, 11) is 1.65. The third-order valence-electron chi connectivity index (χ3n) is 5.70. The Morgan fingerprint density at radius 3 is 2.75 bits per heavy atom. The fourth-order valence-electron chi connectivity index (χ4n) is 4.23. The van der Waals surface area contributed by atoms with Crippen LogP contribution in [0.3, 0.4) is 0 Å². The molecule has 1 aromatic heterocycles. The van der Waals surface area contributed by atoms with Crippen molar-refractivity contribution in [3.63, 3.8) is 0 Å². The SMILES string of the molecule is COc1cc(N(C2CC2)C2CCN(Cc3ccc4c(c3)OCCO4)C2)ncn1.